The Hall–Kier alpha value is -0.410. The van der Waals surface area contributed by atoms with Crippen LogP contribution in [0.5, 0.6) is 0 Å². The largest absolute Gasteiger partial charge is 0.375 e. The maximum atomic E-state index is 12.0. The topological polar surface area (TPSA) is 35.5 Å². The number of unbranched alkanes of at least 4 members (excludes halogenated alkanes) is 4. The predicted octanol–water partition coefficient (Wildman–Crippen LogP) is 3.11. The molecule has 0 amide bonds. The van der Waals surface area contributed by atoms with Crippen molar-refractivity contribution < 1.29 is 14.3 Å². The highest BCUT2D eigenvalue weighted by molar-refractivity contribution is 5.83. The highest BCUT2D eigenvalue weighted by Gasteiger charge is 2.41. The van der Waals surface area contributed by atoms with E-state index in [1.807, 2.05) is 0 Å². The highest BCUT2D eigenvalue weighted by Crippen LogP contribution is 2.31. The van der Waals surface area contributed by atoms with Crippen LogP contribution in [-0.4, -0.2) is 31.2 Å². The molecule has 2 fully saturated rings. The second-order valence-electron chi connectivity index (χ2n) is 5.60. The van der Waals surface area contributed by atoms with Crippen molar-refractivity contribution in [1.82, 2.24) is 0 Å². The van der Waals surface area contributed by atoms with E-state index in [0.717, 1.165) is 32.3 Å². The lowest BCUT2D eigenvalue weighted by atomic mass is 9.84. The van der Waals surface area contributed by atoms with Gasteiger partial charge in [0.25, 0.3) is 0 Å². The molecule has 0 aliphatic carbocycles. The maximum absolute atomic E-state index is 12.0. The summed E-state index contributed by atoms with van der Waals surface area (Å²) in [6, 6.07) is 0. The average molecular weight is 254 g/mol. The number of carbonyl (C=O) groups excluding carboxylic acids is 1. The first-order valence-corrected chi connectivity index (χ1v) is 7.59. The van der Waals surface area contributed by atoms with E-state index in [2.05, 4.69) is 6.92 Å². The normalized spacial score (nSPS) is 32.3. The average Bonchev–Trinajstić information content (AvgIpc) is 2.41. The summed E-state index contributed by atoms with van der Waals surface area (Å²) in [4.78, 5) is 12.0. The number of fused-ring (bicyclic) bond motifs is 1. The van der Waals surface area contributed by atoms with Gasteiger partial charge in [-0.15, -0.1) is 0 Å². The molecule has 0 aromatic heterocycles. The molecule has 2 rings (SSSR count). The van der Waals surface area contributed by atoms with E-state index in [0.29, 0.717) is 6.61 Å². The number of ether oxygens (including phenoxy) is 2. The standard InChI is InChI=1S/C15H26O3/c1-2-3-4-5-6-8-12-13(16)11-18-14-9-7-10-17-15(12)14/h12,14-15H,2-11H2,1H3/t12-,14+,15+/m0/s1. The number of hydrogen-bond donors (Lipinski definition) is 0. The molecule has 2 aliphatic heterocycles. The van der Waals surface area contributed by atoms with Gasteiger partial charge in [-0.1, -0.05) is 39.0 Å². The quantitative estimate of drug-likeness (QED) is 0.683. The molecule has 3 nitrogen and oxygen atoms in total. The summed E-state index contributed by atoms with van der Waals surface area (Å²) in [6.45, 7) is 3.33. The van der Waals surface area contributed by atoms with Crippen molar-refractivity contribution in [3.05, 3.63) is 0 Å². The van der Waals surface area contributed by atoms with Gasteiger partial charge in [-0.2, -0.15) is 0 Å². The van der Waals surface area contributed by atoms with Crippen LogP contribution in [0.25, 0.3) is 0 Å². The van der Waals surface area contributed by atoms with Crippen LogP contribution in [0.1, 0.15) is 58.3 Å². The second-order valence-corrected chi connectivity index (χ2v) is 5.60. The molecule has 0 aromatic rings. The number of rotatable bonds is 6. The lowest BCUT2D eigenvalue weighted by Gasteiger charge is -2.40. The molecular formula is C15H26O3. The molecule has 2 aliphatic rings. The van der Waals surface area contributed by atoms with Crippen molar-refractivity contribution >= 4 is 5.78 Å². The molecule has 104 valence electrons. The van der Waals surface area contributed by atoms with Crippen molar-refractivity contribution in [2.24, 2.45) is 5.92 Å². The van der Waals surface area contributed by atoms with Gasteiger partial charge in [-0.05, 0) is 19.3 Å². The summed E-state index contributed by atoms with van der Waals surface area (Å²) < 4.78 is 11.4. The van der Waals surface area contributed by atoms with Crippen molar-refractivity contribution in [2.75, 3.05) is 13.2 Å². The Balaban J connectivity index is 1.78. The fourth-order valence-corrected chi connectivity index (χ4v) is 3.10. The lowest BCUT2D eigenvalue weighted by Crippen LogP contribution is -2.50. The minimum atomic E-state index is 0.0474. The van der Waals surface area contributed by atoms with Crippen LogP contribution in [0.3, 0.4) is 0 Å². The predicted molar refractivity (Wildman–Crippen MR) is 70.6 cm³/mol. The van der Waals surface area contributed by atoms with Gasteiger partial charge in [-0.25, -0.2) is 0 Å². The first-order valence-electron chi connectivity index (χ1n) is 7.59. The van der Waals surface area contributed by atoms with Gasteiger partial charge in [0, 0.05) is 12.5 Å². The molecule has 0 saturated carbocycles. The van der Waals surface area contributed by atoms with E-state index in [1.165, 1.54) is 25.7 Å². The second kappa shape index (κ2) is 7.25. The van der Waals surface area contributed by atoms with Gasteiger partial charge in [0.2, 0.25) is 0 Å². The fourth-order valence-electron chi connectivity index (χ4n) is 3.10. The Kier molecular flexibility index (Phi) is 5.64. The third kappa shape index (κ3) is 3.55. The minimum absolute atomic E-state index is 0.0474. The van der Waals surface area contributed by atoms with Crippen LogP contribution in [0.4, 0.5) is 0 Å². The van der Waals surface area contributed by atoms with E-state index < -0.39 is 0 Å². The molecule has 0 N–H and O–H groups in total. The van der Waals surface area contributed by atoms with Gasteiger partial charge < -0.3 is 9.47 Å². The van der Waals surface area contributed by atoms with Gasteiger partial charge in [0.05, 0.1) is 12.2 Å². The molecule has 0 spiro atoms. The first kappa shape index (κ1) is 14.0. The zero-order chi connectivity index (χ0) is 12.8. The van der Waals surface area contributed by atoms with Gasteiger partial charge in [0.1, 0.15) is 6.61 Å². The fraction of sp³-hybridized carbons (Fsp3) is 0.933. The Morgan fingerprint density at radius 2 is 2.00 bits per heavy atom. The van der Waals surface area contributed by atoms with E-state index >= 15 is 0 Å². The van der Waals surface area contributed by atoms with Gasteiger partial charge in [-0.3, -0.25) is 4.79 Å². The van der Waals surface area contributed by atoms with Crippen molar-refractivity contribution in [3.8, 4) is 0 Å². The monoisotopic (exact) mass is 254 g/mol. The SMILES string of the molecule is CCCCCCC[C@H]1C(=O)CO[C@@H]2CCCO[C@@H]21. The molecule has 18 heavy (non-hydrogen) atoms. The van der Waals surface area contributed by atoms with Gasteiger partial charge >= 0.3 is 0 Å². The highest BCUT2D eigenvalue weighted by atomic mass is 16.5. The summed E-state index contributed by atoms with van der Waals surface area (Å²) in [5.41, 5.74) is 0. The molecule has 3 heteroatoms. The van der Waals surface area contributed by atoms with Crippen LogP contribution < -0.4 is 0 Å². The van der Waals surface area contributed by atoms with Crippen LogP contribution in [0.15, 0.2) is 0 Å². The summed E-state index contributed by atoms with van der Waals surface area (Å²) in [6.07, 6.45) is 9.62. The van der Waals surface area contributed by atoms with E-state index in [4.69, 9.17) is 9.47 Å². The van der Waals surface area contributed by atoms with E-state index in [9.17, 15) is 4.79 Å². The summed E-state index contributed by atoms with van der Waals surface area (Å²) in [5.74, 6) is 0.360. The molecule has 0 bridgehead atoms. The molecule has 3 atom stereocenters. The first-order chi connectivity index (χ1) is 8.83. The Bertz CT molecular complexity index is 264. The molecule has 0 aromatic carbocycles. The third-order valence-corrected chi connectivity index (χ3v) is 4.18. The Labute approximate surface area is 110 Å². The van der Waals surface area contributed by atoms with Crippen LogP contribution >= 0.6 is 0 Å². The smallest absolute Gasteiger partial charge is 0.164 e. The molecule has 0 radical (unpaired) electrons. The zero-order valence-electron chi connectivity index (χ0n) is 11.5. The lowest BCUT2D eigenvalue weighted by molar-refractivity contribution is -0.175. The van der Waals surface area contributed by atoms with E-state index in [1.54, 1.807) is 0 Å². The molecule has 2 saturated heterocycles. The third-order valence-electron chi connectivity index (χ3n) is 4.18. The number of Topliss-reactive ketones (excluding diaryl/α,β-unsaturated/α-hetero) is 1. The number of carbonyl (C=O) groups is 1. The number of hydrogen-bond acceptors (Lipinski definition) is 3. The summed E-state index contributed by atoms with van der Waals surface area (Å²) in [7, 11) is 0. The number of ketones is 1. The van der Waals surface area contributed by atoms with Crippen molar-refractivity contribution in [3.63, 3.8) is 0 Å². The molecule has 0 unspecified atom stereocenters. The Morgan fingerprint density at radius 3 is 2.83 bits per heavy atom. The maximum Gasteiger partial charge on any atom is 0.164 e. The van der Waals surface area contributed by atoms with Crippen LogP contribution in [0.2, 0.25) is 0 Å². The molecular weight excluding hydrogens is 228 g/mol. The summed E-state index contributed by atoms with van der Waals surface area (Å²) >= 11 is 0. The summed E-state index contributed by atoms with van der Waals surface area (Å²) in [5, 5.41) is 0. The minimum Gasteiger partial charge on any atom is -0.375 e. The van der Waals surface area contributed by atoms with Crippen LogP contribution in [-0.2, 0) is 14.3 Å². The molecule has 2 heterocycles. The van der Waals surface area contributed by atoms with Crippen LogP contribution in [0, 0.1) is 5.92 Å². The van der Waals surface area contributed by atoms with Gasteiger partial charge in [0.15, 0.2) is 5.78 Å². The zero-order valence-corrected chi connectivity index (χ0v) is 11.5. The Morgan fingerprint density at radius 1 is 1.17 bits per heavy atom. The van der Waals surface area contributed by atoms with Crippen molar-refractivity contribution in [2.45, 2.75) is 70.5 Å². The van der Waals surface area contributed by atoms with E-state index in [-0.39, 0.29) is 23.9 Å². The van der Waals surface area contributed by atoms with Crippen molar-refractivity contribution in [1.29, 1.82) is 0 Å².